The van der Waals surface area contributed by atoms with E-state index >= 15 is 0 Å². The van der Waals surface area contributed by atoms with Gasteiger partial charge in [-0.15, -0.1) is 0 Å². The second-order valence-electron chi connectivity index (χ2n) is 9.18. The summed E-state index contributed by atoms with van der Waals surface area (Å²) in [4.78, 5) is 13.3. The molecule has 3 saturated heterocycles. The maximum Gasteiger partial charge on any atom is 0.225 e. The quantitative estimate of drug-likeness (QED) is 0.651. The number of ether oxygens (including phenoxy) is 1. The number of amides is 1. The van der Waals surface area contributed by atoms with E-state index in [2.05, 4.69) is 16.5 Å². The number of rotatable bonds is 5. The van der Waals surface area contributed by atoms with Gasteiger partial charge in [0.2, 0.25) is 22.3 Å². The van der Waals surface area contributed by atoms with E-state index in [0.29, 0.717) is 58.0 Å². The summed E-state index contributed by atoms with van der Waals surface area (Å²) in [6, 6.07) is 4.12. The molecule has 3 aliphatic rings. The van der Waals surface area contributed by atoms with E-state index in [1.54, 1.807) is 19.9 Å². The largest absolute Gasteiger partial charge is 0.381 e. The first-order chi connectivity index (χ1) is 15.9. The SMILES string of the molecule is O=C1CCN(c2cnn3ccc(CC4CCN(S(=O)(=O)C5CCOCC5)CC4)cc23)C(O)N1. The highest BCUT2D eigenvalue weighted by Gasteiger charge is 2.35. The fourth-order valence-corrected chi connectivity index (χ4v) is 7.07. The number of nitrogens with one attached hydrogen (secondary N) is 1. The van der Waals surface area contributed by atoms with Crippen LogP contribution in [0.4, 0.5) is 5.69 Å². The first kappa shape index (κ1) is 22.6. The maximum atomic E-state index is 13.0. The lowest BCUT2D eigenvalue weighted by molar-refractivity contribution is -0.125. The van der Waals surface area contributed by atoms with E-state index in [9.17, 15) is 18.3 Å². The molecule has 2 aromatic heterocycles. The smallest absolute Gasteiger partial charge is 0.225 e. The number of hydrogen-bond acceptors (Lipinski definition) is 7. The van der Waals surface area contributed by atoms with E-state index in [1.165, 1.54) is 0 Å². The summed E-state index contributed by atoms with van der Waals surface area (Å²) in [5.41, 5.74) is 2.81. The van der Waals surface area contributed by atoms with E-state index < -0.39 is 16.4 Å². The molecule has 0 spiro atoms. The van der Waals surface area contributed by atoms with Crippen molar-refractivity contribution in [1.29, 1.82) is 0 Å². The zero-order valence-electron chi connectivity index (χ0n) is 18.6. The van der Waals surface area contributed by atoms with Crippen LogP contribution in [-0.4, -0.2) is 77.8 Å². The van der Waals surface area contributed by atoms with Crippen molar-refractivity contribution in [2.24, 2.45) is 5.92 Å². The number of fused-ring (bicyclic) bond motifs is 1. The van der Waals surface area contributed by atoms with Gasteiger partial charge in [-0.25, -0.2) is 17.2 Å². The molecule has 0 aliphatic carbocycles. The van der Waals surface area contributed by atoms with Gasteiger partial charge in [0.25, 0.3) is 0 Å². The molecule has 1 unspecified atom stereocenters. The van der Waals surface area contributed by atoms with Crippen molar-refractivity contribution in [2.45, 2.75) is 50.1 Å². The Morgan fingerprint density at radius 3 is 2.64 bits per heavy atom. The van der Waals surface area contributed by atoms with Gasteiger partial charge in [-0.2, -0.15) is 5.10 Å². The molecule has 11 heteroatoms. The van der Waals surface area contributed by atoms with Gasteiger partial charge in [0, 0.05) is 45.5 Å². The average Bonchev–Trinajstić information content (AvgIpc) is 3.23. The summed E-state index contributed by atoms with van der Waals surface area (Å²) < 4.78 is 34.7. The summed E-state index contributed by atoms with van der Waals surface area (Å²) in [5.74, 6) is 0.251. The molecule has 2 N–H and O–H groups in total. The third-order valence-electron chi connectivity index (χ3n) is 7.09. The Labute approximate surface area is 193 Å². The molecule has 180 valence electrons. The standard InChI is InChI=1S/C22H31N5O5S/c28-21-4-9-26(22(29)24-21)20-15-23-27-10-3-17(14-19(20)27)13-16-1-7-25(8-2-16)33(30,31)18-5-11-32-12-6-18/h3,10,14-16,18,22,29H,1-2,4-9,11-13H2,(H,24,28). The summed E-state index contributed by atoms with van der Waals surface area (Å²) in [6.45, 7) is 2.63. The molecule has 5 rings (SSSR count). The number of piperidine rings is 1. The maximum absolute atomic E-state index is 13.0. The lowest BCUT2D eigenvalue weighted by atomic mass is 9.91. The van der Waals surface area contributed by atoms with Crippen LogP contribution in [0.15, 0.2) is 24.5 Å². The summed E-state index contributed by atoms with van der Waals surface area (Å²) in [7, 11) is -3.25. The molecule has 5 heterocycles. The van der Waals surface area contributed by atoms with Crippen molar-refractivity contribution in [3.8, 4) is 0 Å². The summed E-state index contributed by atoms with van der Waals surface area (Å²) >= 11 is 0. The number of carbonyl (C=O) groups excluding carboxylic acids is 1. The number of nitrogens with zero attached hydrogens (tertiary/aromatic N) is 4. The molecule has 1 atom stereocenters. The number of aromatic nitrogens is 2. The van der Waals surface area contributed by atoms with Crippen molar-refractivity contribution >= 4 is 27.1 Å². The number of aliphatic hydroxyl groups is 1. The molecule has 0 radical (unpaired) electrons. The Kier molecular flexibility index (Phi) is 6.30. The number of hydrogen-bond donors (Lipinski definition) is 2. The Bertz CT molecular complexity index is 1110. The van der Waals surface area contributed by atoms with Gasteiger partial charge in [-0.05, 0) is 55.7 Å². The second kappa shape index (κ2) is 9.21. The second-order valence-corrected chi connectivity index (χ2v) is 11.4. The molecule has 3 aliphatic heterocycles. The van der Waals surface area contributed by atoms with Crippen LogP contribution in [0, 0.1) is 5.92 Å². The van der Waals surface area contributed by atoms with Crippen molar-refractivity contribution in [3.63, 3.8) is 0 Å². The third-order valence-corrected chi connectivity index (χ3v) is 9.49. The number of sulfonamides is 1. The van der Waals surface area contributed by atoms with Crippen LogP contribution in [0.2, 0.25) is 0 Å². The summed E-state index contributed by atoms with van der Waals surface area (Å²) in [5, 5.41) is 16.9. The Morgan fingerprint density at radius 1 is 1.15 bits per heavy atom. The van der Waals surface area contributed by atoms with E-state index in [4.69, 9.17) is 4.74 Å². The molecule has 2 aromatic rings. The van der Waals surface area contributed by atoms with Crippen molar-refractivity contribution in [2.75, 3.05) is 37.7 Å². The Hall–Kier alpha value is -2.21. The minimum absolute atomic E-state index is 0.166. The van der Waals surface area contributed by atoms with Crippen LogP contribution in [0.25, 0.3) is 5.52 Å². The van der Waals surface area contributed by atoms with E-state index in [-0.39, 0.29) is 11.2 Å². The lowest BCUT2D eigenvalue weighted by Crippen LogP contribution is -2.54. The molecule has 33 heavy (non-hydrogen) atoms. The van der Waals surface area contributed by atoms with Crippen LogP contribution in [0.1, 0.15) is 37.7 Å². The fourth-order valence-electron chi connectivity index (χ4n) is 5.14. The van der Waals surface area contributed by atoms with Crippen molar-refractivity contribution in [1.82, 2.24) is 19.2 Å². The summed E-state index contributed by atoms with van der Waals surface area (Å²) in [6.07, 6.45) is 6.61. The van der Waals surface area contributed by atoms with Gasteiger partial charge >= 0.3 is 0 Å². The third kappa shape index (κ3) is 4.59. The molecular formula is C22H31N5O5S. The van der Waals surface area contributed by atoms with Gasteiger partial charge in [-0.1, -0.05) is 0 Å². The van der Waals surface area contributed by atoms with Gasteiger partial charge < -0.3 is 20.1 Å². The topological polar surface area (TPSA) is 116 Å². The van der Waals surface area contributed by atoms with E-state index in [1.807, 2.05) is 12.3 Å². The van der Waals surface area contributed by atoms with Crippen LogP contribution < -0.4 is 10.2 Å². The average molecular weight is 478 g/mol. The Morgan fingerprint density at radius 2 is 1.91 bits per heavy atom. The normalized spacial score (nSPS) is 24.3. The Balaban J connectivity index is 1.24. The highest BCUT2D eigenvalue weighted by molar-refractivity contribution is 7.89. The van der Waals surface area contributed by atoms with Crippen molar-refractivity contribution < 1.29 is 23.1 Å². The minimum Gasteiger partial charge on any atom is -0.381 e. The molecular weight excluding hydrogens is 446 g/mol. The first-order valence-electron chi connectivity index (χ1n) is 11.7. The van der Waals surface area contributed by atoms with Crippen LogP contribution in [0.5, 0.6) is 0 Å². The monoisotopic (exact) mass is 477 g/mol. The first-order valence-corrected chi connectivity index (χ1v) is 13.2. The van der Waals surface area contributed by atoms with Crippen molar-refractivity contribution in [3.05, 3.63) is 30.1 Å². The van der Waals surface area contributed by atoms with Crippen LogP contribution in [-0.2, 0) is 26.0 Å². The zero-order chi connectivity index (χ0) is 23.0. The van der Waals surface area contributed by atoms with Gasteiger partial charge in [-0.3, -0.25) is 4.79 Å². The number of carbonyl (C=O) groups is 1. The number of aliphatic hydroxyl groups excluding tert-OH is 1. The van der Waals surface area contributed by atoms with Crippen LogP contribution in [0.3, 0.4) is 0 Å². The molecule has 0 bridgehead atoms. The highest BCUT2D eigenvalue weighted by atomic mass is 32.2. The zero-order valence-corrected chi connectivity index (χ0v) is 19.4. The molecule has 0 aromatic carbocycles. The van der Waals surface area contributed by atoms with Gasteiger partial charge in [0.15, 0.2) is 0 Å². The number of pyridine rings is 1. The fraction of sp³-hybridized carbons (Fsp3) is 0.636. The van der Waals surface area contributed by atoms with Gasteiger partial charge in [0.1, 0.15) is 0 Å². The lowest BCUT2D eigenvalue weighted by Gasteiger charge is -2.35. The molecule has 3 fully saturated rings. The number of anilines is 1. The predicted molar refractivity (Wildman–Crippen MR) is 122 cm³/mol. The van der Waals surface area contributed by atoms with E-state index in [0.717, 1.165) is 36.0 Å². The highest BCUT2D eigenvalue weighted by Crippen LogP contribution is 2.29. The molecule has 1 amide bonds. The van der Waals surface area contributed by atoms with Crippen LogP contribution >= 0.6 is 0 Å². The van der Waals surface area contributed by atoms with Gasteiger partial charge in [0.05, 0.1) is 22.7 Å². The minimum atomic E-state index is -3.25. The molecule has 0 saturated carbocycles. The molecule has 10 nitrogen and oxygen atoms in total. The predicted octanol–water partition coefficient (Wildman–Crippen LogP) is 0.700.